The lowest BCUT2D eigenvalue weighted by Crippen LogP contribution is -1.91. The Morgan fingerprint density at radius 1 is 1.33 bits per heavy atom. The second kappa shape index (κ2) is 3.52. The molecule has 78 valence electrons. The molecule has 4 nitrogen and oxygen atoms in total. The molecule has 0 radical (unpaired) electrons. The minimum absolute atomic E-state index is 0.0469. The largest absolute Gasteiger partial charge is 0.768 e. The molecule has 0 aromatic heterocycles. The van der Waals surface area contributed by atoms with Crippen molar-refractivity contribution < 1.29 is 13.9 Å². The molecule has 1 atom stereocenters. The van der Waals surface area contributed by atoms with E-state index in [-0.39, 0.29) is 10.6 Å². The zero-order chi connectivity index (χ0) is 11.0. The normalized spacial score (nSPS) is 12.9. The Bertz CT molecular complexity index is 554. The highest BCUT2D eigenvalue weighted by molar-refractivity contribution is 7.79. The van der Waals surface area contributed by atoms with Crippen molar-refractivity contribution in [3.63, 3.8) is 0 Å². The van der Waals surface area contributed by atoms with Crippen LogP contribution < -0.4 is 5.73 Å². The summed E-state index contributed by atoms with van der Waals surface area (Å²) in [7, 11) is 0. The first-order chi connectivity index (χ1) is 7.09. The molecule has 0 spiro atoms. The molecule has 0 saturated heterocycles. The average molecular weight is 222 g/mol. The average Bonchev–Trinajstić information content (AvgIpc) is 2.17. The molecule has 5 heteroatoms. The fraction of sp³-hybridized carbons (Fsp3) is 0. The summed E-state index contributed by atoms with van der Waals surface area (Å²) in [6.45, 7) is 0. The van der Waals surface area contributed by atoms with Gasteiger partial charge in [0.05, 0.1) is 0 Å². The van der Waals surface area contributed by atoms with E-state index in [1.54, 1.807) is 18.2 Å². The summed E-state index contributed by atoms with van der Waals surface area (Å²) in [5, 5.41) is 10.7. The zero-order valence-corrected chi connectivity index (χ0v) is 8.45. The molecule has 3 N–H and O–H groups in total. The Kier molecular flexibility index (Phi) is 2.34. The number of phenols is 1. The van der Waals surface area contributed by atoms with E-state index in [4.69, 9.17) is 5.73 Å². The maximum absolute atomic E-state index is 10.7. The van der Waals surface area contributed by atoms with E-state index in [1.165, 1.54) is 12.1 Å². The Morgan fingerprint density at radius 2 is 2.07 bits per heavy atom. The monoisotopic (exact) mass is 222 g/mol. The number of nitrogen functional groups attached to an aromatic ring is 1. The van der Waals surface area contributed by atoms with Gasteiger partial charge in [0.1, 0.15) is 5.75 Å². The summed E-state index contributed by atoms with van der Waals surface area (Å²) in [4.78, 5) is 0.0469. The van der Waals surface area contributed by atoms with E-state index in [0.717, 1.165) is 0 Å². The summed E-state index contributed by atoms with van der Waals surface area (Å²) in [5.74, 6) is -0.121. The first-order valence-electron chi connectivity index (χ1n) is 4.20. The van der Waals surface area contributed by atoms with Crippen LogP contribution in [0.5, 0.6) is 5.75 Å². The van der Waals surface area contributed by atoms with Gasteiger partial charge in [-0.2, -0.15) is 0 Å². The summed E-state index contributed by atoms with van der Waals surface area (Å²) >= 11 is -2.35. The number of fused-ring (bicyclic) bond motifs is 1. The zero-order valence-electron chi connectivity index (χ0n) is 7.64. The van der Waals surface area contributed by atoms with Crippen molar-refractivity contribution in [3.8, 4) is 5.75 Å². The topological polar surface area (TPSA) is 86.4 Å². The van der Waals surface area contributed by atoms with Crippen molar-refractivity contribution in [3.05, 3.63) is 30.3 Å². The number of benzene rings is 2. The van der Waals surface area contributed by atoms with Crippen molar-refractivity contribution in [1.82, 2.24) is 0 Å². The van der Waals surface area contributed by atoms with Gasteiger partial charge in [0, 0.05) is 16.0 Å². The highest BCUT2D eigenvalue weighted by Crippen LogP contribution is 2.31. The van der Waals surface area contributed by atoms with Crippen molar-refractivity contribution in [2.75, 3.05) is 5.73 Å². The summed E-state index contributed by atoms with van der Waals surface area (Å²) < 4.78 is 21.5. The van der Waals surface area contributed by atoms with Crippen LogP contribution in [0.15, 0.2) is 35.2 Å². The van der Waals surface area contributed by atoms with Gasteiger partial charge in [-0.1, -0.05) is 12.1 Å². The van der Waals surface area contributed by atoms with Gasteiger partial charge >= 0.3 is 0 Å². The Balaban J connectivity index is 2.84. The van der Waals surface area contributed by atoms with Gasteiger partial charge in [-0.3, -0.25) is 4.21 Å². The fourth-order valence-electron chi connectivity index (χ4n) is 1.50. The van der Waals surface area contributed by atoms with Crippen LogP contribution in [0.3, 0.4) is 0 Å². The Morgan fingerprint density at radius 3 is 2.73 bits per heavy atom. The number of nitrogens with two attached hydrogens (primary N) is 1. The molecule has 2 aromatic carbocycles. The lowest BCUT2D eigenvalue weighted by Gasteiger charge is -2.09. The van der Waals surface area contributed by atoms with Gasteiger partial charge in [0.15, 0.2) is 0 Å². The van der Waals surface area contributed by atoms with Crippen LogP contribution in [-0.2, 0) is 11.1 Å². The van der Waals surface area contributed by atoms with Crippen molar-refractivity contribution in [2.24, 2.45) is 0 Å². The maximum atomic E-state index is 10.7. The van der Waals surface area contributed by atoms with Crippen LogP contribution >= 0.6 is 0 Å². The SMILES string of the molecule is Nc1cccc2cc(S(=O)[O-])cc(O)c12. The summed E-state index contributed by atoms with van der Waals surface area (Å²) in [6.07, 6.45) is 0. The molecular formula is C10H8NO3S-. The molecule has 2 aromatic rings. The van der Waals surface area contributed by atoms with E-state index in [1.807, 2.05) is 0 Å². The summed E-state index contributed by atoms with van der Waals surface area (Å²) in [6, 6.07) is 7.70. The van der Waals surface area contributed by atoms with Crippen molar-refractivity contribution in [1.29, 1.82) is 0 Å². The van der Waals surface area contributed by atoms with Gasteiger partial charge in [0.2, 0.25) is 0 Å². The first kappa shape index (κ1) is 9.95. The van der Waals surface area contributed by atoms with Crippen LogP contribution in [0.4, 0.5) is 5.69 Å². The van der Waals surface area contributed by atoms with E-state index in [9.17, 15) is 13.9 Å². The van der Waals surface area contributed by atoms with Gasteiger partial charge in [-0.25, -0.2) is 0 Å². The first-order valence-corrected chi connectivity index (χ1v) is 5.27. The molecule has 1 unspecified atom stereocenters. The lowest BCUT2D eigenvalue weighted by molar-refractivity contribution is 0.479. The summed E-state index contributed by atoms with van der Waals surface area (Å²) in [5.41, 5.74) is 6.09. The molecule has 0 aliphatic rings. The molecule has 0 amide bonds. The number of phenolic OH excluding ortho intramolecular Hbond substituents is 1. The van der Waals surface area contributed by atoms with Crippen LogP contribution in [-0.4, -0.2) is 13.9 Å². The van der Waals surface area contributed by atoms with Crippen LogP contribution in [0.1, 0.15) is 0 Å². The maximum Gasteiger partial charge on any atom is 0.126 e. The third kappa shape index (κ3) is 1.67. The molecule has 0 aliphatic heterocycles. The third-order valence-electron chi connectivity index (χ3n) is 2.15. The number of aromatic hydroxyl groups is 1. The Labute approximate surface area is 88.6 Å². The lowest BCUT2D eigenvalue weighted by atomic mass is 10.1. The predicted molar refractivity (Wildman–Crippen MR) is 57.2 cm³/mol. The highest BCUT2D eigenvalue weighted by atomic mass is 32.2. The van der Waals surface area contributed by atoms with E-state index in [0.29, 0.717) is 16.5 Å². The minimum atomic E-state index is -2.35. The standard InChI is InChI=1S/C10H9NO3S/c11-8-3-1-2-6-4-7(15(13)14)5-9(12)10(6)8/h1-5,12H,11H2,(H,13,14)/p-1. The number of anilines is 1. The van der Waals surface area contributed by atoms with Gasteiger partial charge < -0.3 is 15.4 Å². The highest BCUT2D eigenvalue weighted by Gasteiger charge is 2.05. The van der Waals surface area contributed by atoms with Crippen LogP contribution in [0, 0.1) is 0 Å². The van der Waals surface area contributed by atoms with Gasteiger partial charge in [0.25, 0.3) is 0 Å². The van der Waals surface area contributed by atoms with Crippen molar-refractivity contribution >= 4 is 27.5 Å². The molecule has 2 rings (SSSR count). The smallest absolute Gasteiger partial charge is 0.126 e. The van der Waals surface area contributed by atoms with E-state index >= 15 is 0 Å². The van der Waals surface area contributed by atoms with Crippen molar-refractivity contribution in [2.45, 2.75) is 4.90 Å². The van der Waals surface area contributed by atoms with E-state index in [2.05, 4.69) is 0 Å². The number of hydrogen-bond acceptors (Lipinski definition) is 4. The quantitative estimate of drug-likeness (QED) is 0.563. The molecule has 0 heterocycles. The minimum Gasteiger partial charge on any atom is -0.768 e. The molecule has 0 bridgehead atoms. The van der Waals surface area contributed by atoms with Gasteiger partial charge in [-0.05, 0) is 34.7 Å². The molecule has 0 aliphatic carbocycles. The molecule has 0 saturated carbocycles. The number of hydrogen-bond donors (Lipinski definition) is 2. The molecule has 15 heavy (non-hydrogen) atoms. The Hall–Kier alpha value is -1.59. The van der Waals surface area contributed by atoms with Crippen LogP contribution in [0.25, 0.3) is 10.8 Å². The fourth-order valence-corrected chi connectivity index (χ4v) is 1.93. The van der Waals surface area contributed by atoms with Crippen LogP contribution in [0.2, 0.25) is 0 Å². The molecule has 0 fully saturated rings. The number of rotatable bonds is 1. The van der Waals surface area contributed by atoms with E-state index < -0.39 is 11.1 Å². The second-order valence-corrected chi connectivity index (χ2v) is 4.06. The second-order valence-electron chi connectivity index (χ2n) is 3.12. The van der Waals surface area contributed by atoms with Gasteiger partial charge in [-0.15, -0.1) is 0 Å². The third-order valence-corrected chi connectivity index (χ3v) is 2.77. The molecular weight excluding hydrogens is 214 g/mol. The predicted octanol–water partition coefficient (Wildman–Crippen LogP) is 1.37.